The molecular weight excluding hydrogens is 284 g/mol. The summed E-state index contributed by atoms with van der Waals surface area (Å²) in [5.41, 5.74) is 5.05. The molecule has 0 aliphatic rings. The van der Waals surface area contributed by atoms with Gasteiger partial charge in [0.05, 0.1) is 17.0 Å². The van der Waals surface area contributed by atoms with Crippen molar-refractivity contribution in [2.24, 2.45) is 0 Å². The number of hydrogen-bond acceptors (Lipinski definition) is 3. The first-order chi connectivity index (χ1) is 11.1. The molecule has 0 atom stereocenters. The van der Waals surface area contributed by atoms with Crippen molar-refractivity contribution in [3.05, 3.63) is 71.4 Å². The average molecular weight is 302 g/mol. The molecule has 0 saturated heterocycles. The fraction of sp³-hybridized carbons (Fsp3) is 0.150. The molecule has 1 aromatic heterocycles. The summed E-state index contributed by atoms with van der Waals surface area (Å²) in [7, 11) is 0. The minimum atomic E-state index is -0.0160. The maximum absolute atomic E-state index is 12.1. The molecule has 0 fully saturated rings. The standard InChI is InChI=1S/C20H18N2O/c1-13-9-11-16(12-10-13)19-18(15(3)23)14(2)21-20(22-19)17-7-5-4-6-8-17/h4-12H,1-3H3. The van der Waals surface area contributed by atoms with Crippen LogP contribution in [0.1, 0.15) is 28.5 Å². The van der Waals surface area contributed by atoms with Crippen molar-refractivity contribution in [3.8, 4) is 22.6 Å². The number of benzene rings is 2. The van der Waals surface area contributed by atoms with Gasteiger partial charge in [0.2, 0.25) is 0 Å². The molecule has 0 aliphatic heterocycles. The van der Waals surface area contributed by atoms with Crippen LogP contribution in [0.4, 0.5) is 0 Å². The Morgan fingerprint density at radius 3 is 2.09 bits per heavy atom. The first-order valence-corrected chi connectivity index (χ1v) is 7.58. The molecule has 0 unspecified atom stereocenters. The fourth-order valence-electron chi connectivity index (χ4n) is 2.63. The zero-order valence-corrected chi connectivity index (χ0v) is 13.5. The number of aryl methyl sites for hydroxylation is 2. The summed E-state index contributed by atoms with van der Waals surface area (Å²) < 4.78 is 0. The monoisotopic (exact) mass is 302 g/mol. The Morgan fingerprint density at radius 1 is 0.826 bits per heavy atom. The van der Waals surface area contributed by atoms with E-state index in [0.29, 0.717) is 22.8 Å². The van der Waals surface area contributed by atoms with Gasteiger partial charge in [-0.1, -0.05) is 60.2 Å². The number of hydrogen-bond donors (Lipinski definition) is 0. The number of nitrogens with zero attached hydrogens (tertiary/aromatic N) is 2. The summed E-state index contributed by atoms with van der Waals surface area (Å²) in [6.45, 7) is 5.46. The van der Waals surface area contributed by atoms with Crippen molar-refractivity contribution in [2.45, 2.75) is 20.8 Å². The molecule has 2 aromatic carbocycles. The van der Waals surface area contributed by atoms with E-state index >= 15 is 0 Å². The molecule has 3 nitrogen and oxygen atoms in total. The molecule has 114 valence electrons. The van der Waals surface area contributed by atoms with Crippen LogP contribution in [0.2, 0.25) is 0 Å². The predicted molar refractivity (Wildman–Crippen MR) is 92.4 cm³/mol. The van der Waals surface area contributed by atoms with E-state index in [0.717, 1.165) is 11.1 Å². The van der Waals surface area contributed by atoms with Crippen LogP contribution in [-0.4, -0.2) is 15.8 Å². The van der Waals surface area contributed by atoms with Crippen molar-refractivity contribution in [3.63, 3.8) is 0 Å². The smallest absolute Gasteiger partial charge is 0.163 e. The molecule has 0 saturated carbocycles. The minimum absolute atomic E-state index is 0.0160. The Kier molecular flexibility index (Phi) is 4.02. The van der Waals surface area contributed by atoms with Gasteiger partial charge in [-0.15, -0.1) is 0 Å². The molecule has 3 rings (SSSR count). The van der Waals surface area contributed by atoms with Crippen molar-refractivity contribution in [1.29, 1.82) is 0 Å². The third kappa shape index (κ3) is 3.04. The quantitative estimate of drug-likeness (QED) is 0.662. The molecule has 0 N–H and O–H groups in total. The second-order valence-corrected chi connectivity index (χ2v) is 5.64. The highest BCUT2D eigenvalue weighted by atomic mass is 16.1. The summed E-state index contributed by atoms with van der Waals surface area (Å²) in [6, 6.07) is 17.9. The van der Waals surface area contributed by atoms with Crippen molar-refractivity contribution in [2.75, 3.05) is 0 Å². The van der Waals surface area contributed by atoms with Gasteiger partial charge in [0.15, 0.2) is 11.6 Å². The maximum atomic E-state index is 12.1. The molecule has 3 aromatic rings. The van der Waals surface area contributed by atoms with Gasteiger partial charge in [-0.05, 0) is 20.8 Å². The Balaban J connectivity index is 2.25. The van der Waals surface area contributed by atoms with Crippen LogP contribution in [0, 0.1) is 13.8 Å². The number of rotatable bonds is 3. The molecule has 0 aliphatic carbocycles. The third-order valence-corrected chi connectivity index (χ3v) is 3.80. The van der Waals surface area contributed by atoms with Crippen molar-refractivity contribution in [1.82, 2.24) is 9.97 Å². The van der Waals surface area contributed by atoms with Crippen LogP contribution in [0.25, 0.3) is 22.6 Å². The van der Waals surface area contributed by atoms with E-state index in [1.165, 1.54) is 5.56 Å². The van der Waals surface area contributed by atoms with Crippen LogP contribution in [-0.2, 0) is 0 Å². The lowest BCUT2D eigenvalue weighted by Crippen LogP contribution is -2.06. The fourth-order valence-corrected chi connectivity index (χ4v) is 2.63. The van der Waals surface area contributed by atoms with Crippen LogP contribution in [0.3, 0.4) is 0 Å². The Bertz CT molecular complexity index is 853. The summed E-state index contributed by atoms with van der Waals surface area (Å²) in [4.78, 5) is 21.3. The van der Waals surface area contributed by atoms with E-state index in [2.05, 4.69) is 4.98 Å². The highest BCUT2D eigenvalue weighted by molar-refractivity contribution is 6.01. The van der Waals surface area contributed by atoms with Crippen molar-refractivity contribution >= 4 is 5.78 Å². The van der Waals surface area contributed by atoms with E-state index < -0.39 is 0 Å². The lowest BCUT2D eigenvalue weighted by molar-refractivity contribution is 0.101. The van der Waals surface area contributed by atoms with E-state index in [1.807, 2.05) is 68.4 Å². The van der Waals surface area contributed by atoms with Gasteiger partial charge >= 0.3 is 0 Å². The maximum Gasteiger partial charge on any atom is 0.163 e. The van der Waals surface area contributed by atoms with Gasteiger partial charge in [0.25, 0.3) is 0 Å². The molecule has 0 spiro atoms. The number of aromatic nitrogens is 2. The zero-order chi connectivity index (χ0) is 16.4. The van der Waals surface area contributed by atoms with Gasteiger partial charge in [-0.25, -0.2) is 9.97 Å². The Hall–Kier alpha value is -2.81. The molecular formula is C20H18N2O. The van der Waals surface area contributed by atoms with Crippen LogP contribution >= 0.6 is 0 Å². The predicted octanol–water partition coefficient (Wildman–Crippen LogP) is 4.63. The van der Waals surface area contributed by atoms with E-state index in [1.54, 1.807) is 6.92 Å². The topological polar surface area (TPSA) is 42.9 Å². The first kappa shape index (κ1) is 15.1. The minimum Gasteiger partial charge on any atom is -0.294 e. The number of carbonyl (C=O) groups excluding carboxylic acids is 1. The molecule has 1 heterocycles. The second kappa shape index (κ2) is 6.13. The van der Waals surface area contributed by atoms with Gasteiger partial charge in [0.1, 0.15) is 0 Å². The second-order valence-electron chi connectivity index (χ2n) is 5.64. The number of carbonyl (C=O) groups is 1. The molecule has 0 amide bonds. The Labute approximate surface area is 136 Å². The van der Waals surface area contributed by atoms with Crippen LogP contribution in [0.5, 0.6) is 0 Å². The van der Waals surface area contributed by atoms with E-state index in [-0.39, 0.29) is 5.78 Å². The lowest BCUT2D eigenvalue weighted by Gasteiger charge is -2.12. The van der Waals surface area contributed by atoms with Crippen LogP contribution < -0.4 is 0 Å². The third-order valence-electron chi connectivity index (χ3n) is 3.80. The average Bonchev–Trinajstić information content (AvgIpc) is 2.55. The highest BCUT2D eigenvalue weighted by Crippen LogP contribution is 2.27. The van der Waals surface area contributed by atoms with Crippen LogP contribution in [0.15, 0.2) is 54.6 Å². The summed E-state index contributed by atoms with van der Waals surface area (Å²) in [5.74, 6) is 0.626. The zero-order valence-electron chi connectivity index (χ0n) is 13.5. The largest absolute Gasteiger partial charge is 0.294 e. The number of ketones is 1. The molecule has 23 heavy (non-hydrogen) atoms. The molecule has 3 heteroatoms. The molecule has 0 radical (unpaired) electrons. The van der Waals surface area contributed by atoms with E-state index in [4.69, 9.17) is 4.98 Å². The lowest BCUT2D eigenvalue weighted by atomic mass is 10.0. The first-order valence-electron chi connectivity index (χ1n) is 7.58. The van der Waals surface area contributed by atoms with Gasteiger partial charge in [0, 0.05) is 11.1 Å². The number of Topliss-reactive ketones (excluding diaryl/α,β-unsaturated/α-hetero) is 1. The molecule has 0 bridgehead atoms. The summed E-state index contributed by atoms with van der Waals surface area (Å²) >= 11 is 0. The van der Waals surface area contributed by atoms with Crippen molar-refractivity contribution < 1.29 is 4.79 Å². The van der Waals surface area contributed by atoms with E-state index in [9.17, 15) is 4.79 Å². The van der Waals surface area contributed by atoms with Gasteiger partial charge < -0.3 is 0 Å². The van der Waals surface area contributed by atoms with Gasteiger partial charge in [-0.2, -0.15) is 0 Å². The SMILES string of the molecule is CC(=O)c1c(C)nc(-c2ccccc2)nc1-c1ccc(C)cc1. The Morgan fingerprint density at radius 2 is 1.48 bits per heavy atom. The highest BCUT2D eigenvalue weighted by Gasteiger charge is 2.17. The van der Waals surface area contributed by atoms with Gasteiger partial charge in [-0.3, -0.25) is 4.79 Å². The summed E-state index contributed by atoms with van der Waals surface area (Å²) in [6.07, 6.45) is 0. The normalized spacial score (nSPS) is 10.6. The summed E-state index contributed by atoms with van der Waals surface area (Å²) in [5, 5.41) is 0.